The van der Waals surface area contributed by atoms with E-state index in [1.54, 1.807) is 12.3 Å². The highest BCUT2D eigenvalue weighted by Crippen LogP contribution is 2.20. The maximum atomic E-state index is 7.34. The zero-order chi connectivity index (χ0) is 13.7. The summed E-state index contributed by atoms with van der Waals surface area (Å²) < 4.78 is 5.83. The fourth-order valence-corrected chi connectivity index (χ4v) is 2.33. The lowest BCUT2D eigenvalue weighted by Gasteiger charge is -2.34. The highest BCUT2D eigenvalue weighted by atomic mass is 16.5. The molecule has 1 aliphatic heterocycles. The molecule has 19 heavy (non-hydrogen) atoms. The van der Waals surface area contributed by atoms with Crippen LogP contribution in [-0.2, 0) is 4.74 Å². The van der Waals surface area contributed by atoms with E-state index in [2.05, 4.69) is 16.8 Å². The molecule has 0 amide bonds. The molecule has 1 aliphatic rings. The van der Waals surface area contributed by atoms with Crippen molar-refractivity contribution in [2.24, 2.45) is 5.73 Å². The van der Waals surface area contributed by atoms with Crippen LogP contribution in [0.15, 0.2) is 18.3 Å². The lowest BCUT2D eigenvalue weighted by molar-refractivity contribution is 0.0440. The van der Waals surface area contributed by atoms with Gasteiger partial charge in [0.05, 0.1) is 18.0 Å². The number of aromatic nitrogens is 1. The van der Waals surface area contributed by atoms with Crippen LogP contribution in [0.25, 0.3) is 0 Å². The smallest absolute Gasteiger partial charge is 0.141 e. The van der Waals surface area contributed by atoms with Crippen molar-refractivity contribution in [1.82, 2.24) is 4.98 Å². The van der Waals surface area contributed by atoms with Crippen LogP contribution in [0.4, 0.5) is 5.69 Å². The number of nitrogens with zero attached hydrogens (tertiary/aromatic N) is 2. The molecule has 2 rings (SSSR count). The number of pyridine rings is 1. The fraction of sp³-hybridized carbons (Fsp3) is 0.571. The van der Waals surface area contributed by atoms with Crippen LogP contribution in [0, 0.1) is 5.41 Å². The molecule has 1 aromatic heterocycles. The second-order valence-electron chi connectivity index (χ2n) is 4.90. The minimum absolute atomic E-state index is 0.00866. The molecule has 3 N–H and O–H groups in total. The van der Waals surface area contributed by atoms with Crippen LogP contribution in [0.5, 0.6) is 0 Å². The summed E-state index contributed by atoms with van der Waals surface area (Å²) in [4.78, 5) is 6.50. The van der Waals surface area contributed by atoms with Crippen LogP contribution < -0.4 is 10.6 Å². The van der Waals surface area contributed by atoms with Crippen LogP contribution in [0.2, 0.25) is 0 Å². The predicted octanol–water partition coefficient (Wildman–Crippen LogP) is 1.76. The summed E-state index contributed by atoms with van der Waals surface area (Å²) in [7, 11) is 0. The Morgan fingerprint density at radius 3 is 3.05 bits per heavy atom. The number of hydrogen-bond donors (Lipinski definition) is 2. The summed E-state index contributed by atoms with van der Waals surface area (Å²) in [6.45, 7) is 4.92. The zero-order valence-corrected chi connectivity index (χ0v) is 11.4. The summed E-state index contributed by atoms with van der Waals surface area (Å²) in [5.74, 6) is 0.00866. The lowest BCUT2D eigenvalue weighted by atomic mass is 10.1. The van der Waals surface area contributed by atoms with Crippen LogP contribution in [-0.4, -0.2) is 36.6 Å². The molecule has 1 unspecified atom stereocenters. The van der Waals surface area contributed by atoms with Crippen molar-refractivity contribution in [3.63, 3.8) is 0 Å². The first-order chi connectivity index (χ1) is 9.20. The second-order valence-corrected chi connectivity index (χ2v) is 4.90. The maximum Gasteiger partial charge on any atom is 0.141 e. The van der Waals surface area contributed by atoms with Crippen molar-refractivity contribution in [3.8, 4) is 0 Å². The molecule has 104 valence electrons. The molecule has 0 bridgehead atoms. The molecule has 0 spiro atoms. The van der Waals surface area contributed by atoms with Crippen molar-refractivity contribution >= 4 is 11.5 Å². The summed E-state index contributed by atoms with van der Waals surface area (Å²) in [5.41, 5.74) is 7.01. The van der Waals surface area contributed by atoms with Gasteiger partial charge in [0.1, 0.15) is 11.5 Å². The Hall–Kier alpha value is -1.62. The minimum Gasteiger partial charge on any atom is -0.382 e. The van der Waals surface area contributed by atoms with Gasteiger partial charge in [-0.15, -0.1) is 0 Å². The SMILES string of the molecule is CCCOC1CCCN(c2ccc(C(=N)N)nc2)C1. The van der Waals surface area contributed by atoms with E-state index < -0.39 is 0 Å². The Balaban J connectivity index is 1.98. The second kappa shape index (κ2) is 6.52. The Morgan fingerprint density at radius 2 is 2.42 bits per heavy atom. The highest BCUT2D eigenvalue weighted by molar-refractivity contribution is 5.93. The molecular formula is C14H22N4O. The number of piperidine rings is 1. The van der Waals surface area contributed by atoms with Gasteiger partial charge in [0.15, 0.2) is 0 Å². The van der Waals surface area contributed by atoms with E-state index in [4.69, 9.17) is 15.9 Å². The number of amidine groups is 1. The molecule has 1 saturated heterocycles. The van der Waals surface area contributed by atoms with Crippen molar-refractivity contribution < 1.29 is 4.74 Å². The van der Waals surface area contributed by atoms with E-state index in [9.17, 15) is 0 Å². The number of nitrogens with two attached hydrogens (primary N) is 1. The monoisotopic (exact) mass is 262 g/mol. The van der Waals surface area contributed by atoms with E-state index in [1.807, 2.05) is 6.07 Å². The Morgan fingerprint density at radius 1 is 1.58 bits per heavy atom. The van der Waals surface area contributed by atoms with Crippen molar-refractivity contribution in [3.05, 3.63) is 24.0 Å². The largest absolute Gasteiger partial charge is 0.382 e. The van der Waals surface area contributed by atoms with Gasteiger partial charge in [0.25, 0.3) is 0 Å². The number of nitrogens with one attached hydrogen (secondary N) is 1. The first-order valence-corrected chi connectivity index (χ1v) is 6.87. The van der Waals surface area contributed by atoms with Gasteiger partial charge in [-0.05, 0) is 31.4 Å². The van der Waals surface area contributed by atoms with Gasteiger partial charge in [-0.2, -0.15) is 0 Å². The molecular weight excluding hydrogens is 240 g/mol. The van der Waals surface area contributed by atoms with Crippen molar-refractivity contribution in [1.29, 1.82) is 5.41 Å². The average molecular weight is 262 g/mol. The number of ether oxygens (including phenoxy) is 1. The number of rotatable bonds is 5. The van der Waals surface area contributed by atoms with Crippen LogP contribution >= 0.6 is 0 Å². The van der Waals surface area contributed by atoms with Crippen molar-refractivity contribution in [2.45, 2.75) is 32.3 Å². The molecule has 1 aromatic rings. The summed E-state index contributed by atoms with van der Waals surface area (Å²) in [6.07, 6.45) is 5.45. The summed E-state index contributed by atoms with van der Waals surface area (Å²) in [6, 6.07) is 3.78. The van der Waals surface area contributed by atoms with E-state index in [-0.39, 0.29) is 5.84 Å². The van der Waals surface area contributed by atoms with E-state index in [1.165, 1.54) is 0 Å². The highest BCUT2D eigenvalue weighted by Gasteiger charge is 2.20. The standard InChI is InChI=1S/C14H22N4O/c1-2-8-19-12-4-3-7-18(10-12)11-5-6-13(14(15)16)17-9-11/h5-6,9,12H,2-4,7-8,10H2,1H3,(H3,15,16). The molecule has 1 fully saturated rings. The van der Waals surface area contributed by atoms with Gasteiger partial charge < -0.3 is 15.4 Å². The van der Waals surface area contributed by atoms with Crippen LogP contribution in [0.3, 0.4) is 0 Å². The Bertz CT molecular complexity index is 418. The zero-order valence-electron chi connectivity index (χ0n) is 11.4. The van der Waals surface area contributed by atoms with Gasteiger partial charge in [0.2, 0.25) is 0 Å². The quantitative estimate of drug-likeness (QED) is 0.626. The number of nitrogen functional groups attached to an aromatic ring is 1. The van der Waals surface area contributed by atoms with E-state index in [0.29, 0.717) is 11.8 Å². The van der Waals surface area contributed by atoms with Gasteiger partial charge in [-0.25, -0.2) is 0 Å². The summed E-state index contributed by atoms with van der Waals surface area (Å²) in [5, 5.41) is 7.34. The minimum atomic E-state index is 0.00866. The lowest BCUT2D eigenvalue weighted by Crippen LogP contribution is -2.40. The fourth-order valence-electron chi connectivity index (χ4n) is 2.33. The molecule has 5 heteroatoms. The van der Waals surface area contributed by atoms with Gasteiger partial charge >= 0.3 is 0 Å². The molecule has 5 nitrogen and oxygen atoms in total. The molecule has 0 saturated carbocycles. The normalized spacial score (nSPS) is 19.4. The summed E-state index contributed by atoms with van der Waals surface area (Å²) >= 11 is 0. The molecule has 1 atom stereocenters. The van der Waals surface area contributed by atoms with Crippen molar-refractivity contribution in [2.75, 3.05) is 24.6 Å². The first kappa shape index (κ1) is 13.8. The molecule has 0 aromatic carbocycles. The first-order valence-electron chi connectivity index (χ1n) is 6.87. The van der Waals surface area contributed by atoms with Gasteiger partial charge in [-0.1, -0.05) is 6.92 Å². The molecule has 2 heterocycles. The molecule has 0 aliphatic carbocycles. The molecule has 0 radical (unpaired) electrons. The number of anilines is 1. The Labute approximate surface area is 114 Å². The Kier molecular flexibility index (Phi) is 4.74. The predicted molar refractivity (Wildman–Crippen MR) is 76.7 cm³/mol. The van der Waals surface area contributed by atoms with E-state index >= 15 is 0 Å². The maximum absolute atomic E-state index is 7.34. The topological polar surface area (TPSA) is 75.2 Å². The third kappa shape index (κ3) is 3.67. The number of hydrogen-bond acceptors (Lipinski definition) is 4. The van der Waals surface area contributed by atoms with Crippen LogP contribution in [0.1, 0.15) is 31.9 Å². The average Bonchev–Trinajstić information content (AvgIpc) is 2.45. The third-order valence-corrected chi connectivity index (χ3v) is 3.32. The van der Waals surface area contributed by atoms with Gasteiger partial charge in [-0.3, -0.25) is 10.4 Å². The van der Waals surface area contributed by atoms with E-state index in [0.717, 1.165) is 44.6 Å². The third-order valence-electron chi connectivity index (χ3n) is 3.32. The van der Waals surface area contributed by atoms with Gasteiger partial charge in [0, 0.05) is 19.7 Å².